The summed E-state index contributed by atoms with van der Waals surface area (Å²) in [5.74, 6) is -0.902. The molecule has 436 valence electrons. The summed E-state index contributed by atoms with van der Waals surface area (Å²) in [5, 5.41) is 0. The first-order chi connectivity index (χ1) is 37.5. The standard InChI is InChI=1S/C70H120O6/c1-4-7-10-13-16-19-22-25-27-29-31-32-33-34-35-36-37-38-40-41-43-45-48-51-54-57-60-63-69(72)75-66-67(65-74-68(71)62-59-56-53-50-47-24-21-18-15-12-9-6-3)76-70(73)64-61-58-55-52-49-46-44-42-39-30-28-26-23-20-17-14-11-8-5-2/h7,10,16,18-19,21,25,27,31-32,34-35,37-38,41,43,67H,4-6,8-9,11-15,17,20,22-24,26,28-30,33,36,39-40,42,44-66H2,1-3H3/b10-7-,19-16-,21-18-,27-25-,32-31-,35-34-,38-37-,43-41-. The summed E-state index contributed by atoms with van der Waals surface area (Å²) in [6.45, 7) is 6.51. The monoisotopic (exact) mass is 1060 g/mol. The van der Waals surface area contributed by atoms with Gasteiger partial charge in [0.15, 0.2) is 6.10 Å². The maximum Gasteiger partial charge on any atom is 0.306 e. The highest BCUT2D eigenvalue weighted by atomic mass is 16.6. The average Bonchev–Trinajstić information content (AvgIpc) is 3.42. The number of esters is 3. The molecule has 0 aromatic rings. The lowest BCUT2D eigenvalue weighted by molar-refractivity contribution is -0.167. The zero-order chi connectivity index (χ0) is 55.0. The smallest absolute Gasteiger partial charge is 0.306 e. The number of ether oxygens (including phenoxy) is 3. The molecule has 0 radical (unpaired) electrons. The van der Waals surface area contributed by atoms with Crippen molar-refractivity contribution in [3.63, 3.8) is 0 Å². The first-order valence-electron chi connectivity index (χ1n) is 32.2. The van der Waals surface area contributed by atoms with E-state index in [0.717, 1.165) is 128 Å². The summed E-state index contributed by atoms with van der Waals surface area (Å²) in [4.78, 5) is 38.3. The van der Waals surface area contributed by atoms with Crippen molar-refractivity contribution in [2.75, 3.05) is 13.2 Å². The predicted octanol–water partition coefficient (Wildman–Crippen LogP) is 22.0. The van der Waals surface area contributed by atoms with Crippen molar-refractivity contribution >= 4 is 17.9 Å². The Morgan fingerprint density at radius 2 is 0.513 bits per heavy atom. The minimum atomic E-state index is -0.789. The number of hydrogen-bond acceptors (Lipinski definition) is 6. The van der Waals surface area contributed by atoms with Gasteiger partial charge in [0.2, 0.25) is 0 Å². The molecular weight excluding hydrogens is 937 g/mol. The van der Waals surface area contributed by atoms with Crippen molar-refractivity contribution < 1.29 is 28.6 Å². The molecule has 1 unspecified atom stereocenters. The highest BCUT2D eigenvalue weighted by molar-refractivity contribution is 5.71. The first-order valence-corrected chi connectivity index (χ1v) is 32.2. The third-order valence-corrected chi connectivity index (χ3v) is 13.8. The van der Waals surface area contributed by atoms with Crippen LogP contribution in [0.15, 0.2) is 97.2 Å². The second-order valence-corrected chi connectivity index (χ2v) is 21.3. The molecule has 0 spiro atoms. The third kappa shape index (κ3) is 61.2. The Morgan fingerprint density at radius 3 is 0.842 bits per heavy atom. The number of carbonyl (C=O) groups excluding carboxylic acids is 3. The second kappa shape index (κ2) is 63.9. The highest BCUT2D eigenvalue weighted by Crippen LogP contribution is 2.17. The fraction of sp³-hybridized carbons (Fsp3) is 0.729. The molecule has 0 N–H and O–H groups in total. The van der Waals surface area contributed by atoms with Crippen molar-refractivity contribution in [2.45, 2.75) is 316 Å². The van der Waals surface area contributed by atoms with Crippen LogP contribution in [0.2, 0.25) is 0 Å². The number of unbranched alkanes of at least 4 members (excludes halogenated alkanes) is 31. The molecule has 0 amide bonds. The molecule has 0 saturated heterocycles. The van der Waals surface area contributed by atoms with E-state index in [-0.39, 0.29) is 31.1 Å². The molecule has 0 aliphatic carbocycles. The van der Waals surface area contributed by atoms with E-state index in [4.69, 9.17) is 14.2 Å². The van der Waals surface area contributed by atoms with E-state index in [1.54, 1.807) is 0 Å². The van der Waals surface area contributed by atoms with Crippen LogP contribution >= 0.6 is 0 Å². The first kappa shape index (κ1) is 72.3. The molecule has 0 saturated carbocycles. The van der Waals surface area contributed by atoms with Crippen molar-refractivity contribution in [3.8, 4) is 0 Å². The second-order valence-electron chi connectivity index (χ2n) is 21.3. The number of hydrogen-bond donors (Lipinski definition) is 0. The van der Waals surface area contributed by atoms with Crippen LogP contribution in [-0.2, 0) is 28.6 Å². The van der Waals surface area contributed by atoms with E-state index in [1.807, 2.05) is 0 Å². The predicted molar refractivity (Wildman–Crippen MR) is 330 cm³/mol. The van der Waals surface area contributed by atoms with E-state index < -0.39 is 6.10 Å². The SMILES string of the molecule is CC/C=C\C/C=C\C/C=C\C/C=C\C/C=C\C/C=C\C/C=C\CCCCCCCC(=O)OCC(COC(=O)CCCCCCC/C=C\CCCCC)OC(=O)CCCCCCCCCCCCCCCCCCCCC. The summed E-state index contributed by atoms with van der Waals surface area (Å²) >= 11 is 0. The molecule has 1 atom stereocenters. The molecule has 0 bridgehead atoms. The van der Waals surface area contributed by atoms with Crippen LogP contribution < -0.4 is 0 Å². The largest absolute Gasteiger partial charge is 0.462 e. The number of allylic oxidation sites excluding steroid dienone is 16. The Hall–Kier alpha value is -3.67. The zero-order valence-electron chi connectivity index (χ0n) is 50.0. The molecule has 0 aromatic carbocycles. The van der Waals surface area contributed by atoms with E-state index in [2.05, 4.69) is 118 Å². The molecule has 6 heteroatoms. The van der Waals surface area contributed by atoms with Crippen molar-refractivity contribution in [1.29, 1.82) is 0 Å². The van der Waals surface area contributed by atoms with Gasteiger partial charge in [-0.25, -0.2) is 0 Å². The van der Waals surface area contributed by atoms with Crippen LogP contribution in [0.4, 0.5) is 0 Å². The summed E-state index contributed by atoms with van der Waals surface area (Å²) in [6.07, 6.45) is 85.5. The quantitative estimate of drug-likeness (QED) is 0.0261. The Kier molecular flexibility index (Phi) is 60.8. The van der Waals surface area contributed by atoms with Gasteiger partial charge >= 0.3 is 17.9 Å². The van der Waals surface area contributed by atoms with Gasteiger partial charge in [-0.15, -0.1) is 0 Å². The summed E-state index contributed by atoms with van der Waals surface area (Å²) in [7, 11) is 0. The number of rotatable bonds is 58. The zero-order valence-corrected chi connectivity index (χ0v) is 50.0. The molecule has 0 fully saturated rings. The minimum absolute atomic E-state index is 0.0858. The molecule has 0 aromatic heterocycles. The Balaban J connectivity index is 4.34. The topological polar surface area (TPSA) is 78.9 Å². The molecule has 0 rings (SSSR count). The summed E-state index contributed by atoms with van der Waals surface area (Å²) in [6, 6.07) is 0. The van der Waals surface area contributed by atoms with Crippen LogP contribution in [0.3, 0.4) is 0 Å². The normalized spacial score (nSPS) is 12.7. The van der Waals surface area contributed by atoms with Crippen LogP contribution in [0.5, 0.6) is 0 Å². The van der Waals surface area contributed by atoms with Gasteiger partial charge in [0, 0.05) is 19.3 Å². The van der Waals surface area contributed by atoms with Crippen LogP contribution in [0.25, 0.3) is 0 Å². The molecule has 0 aliphatic rings. The lowest BCUT2D eigenvalue weighted by atomic mass is 10.0. The van der Waals surface area contributed by atoms with Crippen LogP contribution in [0.1, 0.15) is 310 Å². The van der Waals surface area contributed by atoms with Gasteiger partial charge in [0.1, 0.15) is 13.2 Å². The Morgan fingerprint density at radius 1 is 0.276 bits per heavy atom. The summed E-state index contributed by atoms with van der Waals surface area (Å²) < 4.78 is 16.9. The van der Waals surface area contributed by atoms with Crippen molar-refractivity contribution in [2.24, 2.45) is 0 Å². The van der Waals surface area contributed by atoms with Crippen molar-refractivity contribution in [1.82, 2.24) is 0 Å². The van der Waals surface area contributed by atoms with Gasteiger partial charge in [-0.1, -0.05) is 285 Å². The van der Waals surface area contributed by atoms with Gasteiger partial charge in [-0.2, -0.15) is 0 Å². The number of carbonyl (C=O) groups is 3. The van der Waals surface area contributed by atoms with Gasteiger partial charge in [-0.05, 0) is 103 Å². The van der Waals surface area contributed by atoms with Gasteiger partial charge < -0.3 is 14.2 Å². The van der Waals surface area contributed by atoms with Gasteiger partial charge in [0.05, 0.1) is 0 Å². The molecule has 0 heterocycles. The van der Waals surface area contributed by atoms with Crippen molar-refractivity contribution in [3.05, 3.63) is 97.2 Å². The van der Waals surface area contributed by atoms with E-state index in [1.165, 1.54) is 141 Å². The fourth-order valence-corrected chi connectivity index (χ4v) is 9.01. The molecule has 0 aliphatic heterocycles. The molecular formula is C70H120O6. The maximum absolute atomic E-state index is 12.9. The Bertz CT molecular complexity index is 1490. The maximum atomic E-state index is 12.9. The van der Waals surface area contributed by atoms with Crippen LogP contribution in [0, 0.1) is 0 Å². The van der Waals surface area contributed by atoms with E-state index in [9.17, 15) is 14.4 Å². The third-order valence-electron chi connectivity index (χ3n) is 13.8. The lowest BCUT2D eigenvalue weighted by Crippen LogP contribution is -2.30. The van der Waals surface area contributed by atoms with Gasteiger partial charge in [-0.3, -0.25) is 14.4 Å². The molecule has 6 nitrogen and oxygen atoms in total. The molecule has 76 heavy (non-hydrogen) atoms. The lowest BCUT2D eigenvalue weighted by Gasteiger charge is -2.18. The van der Waals surface area contributed by atoms with Gasteiger partial charge in [0.25, 0.3) is 0 Å². The summed E-state index contributed by atoms with van der Waals surface area (Å²) in [5.41, 5.74) is 0. The highest BCUT2D eigenvalue weighted by Gasteiger charge is 2.19. The van der Waals surface area contributed by atoms with E-state index in [0.29, 0.717) is 19.3 Å². The van der Waals surface area contributed by atoms with Crippen LogP contribution in [-0.4, -0.2) is 37.2 Å². The minimum Gasteiger partial charge on any atom is -0.462 e. The fourth-order valence-electron chi connectivity index (χ4n) is 9.01. The van der Waals surface area contributed by atoms with E-state index >= 15 is 0 Å². The average molecular weight is 1060 g/mol. The Labute approximate surface area is 470 Å².